The largest absolute Gasteiger partial charge is 0.372 e. The molecule has 1 heterocycles. The normalized spacial score (nSPS) is 12.1. The minimum atomic E-state index is -0.366. The van der Waals surface area contributed by atoms with Crippen LogP contribution in [0.3, 0.4) is 0 Å². The molecule has 0 radical (unpaired) electrons. The maximum Gasteiger partial charge on any atom is 0.242 e. The van der Waals surface area contributed by atoms with Crippen LogP contribution in [0.4, 0.5) is 11.6 Å². The molecule has 0 aliphatic carbocycles. The number of nitrogens with one attached hydrogen (secondary N) is 3. The third-order valence-corrected chi connectivity index (χ3v) is 3.21. The maximum absolute atomic E-state index is 11.9. The van der Waals surface area contributed by atoms with Gasteiger partial charge in [-0.3, -0.25) is 4.79 Å². The molecule has 0 aromatic carbocycles. The van der Waals surface area contributed by atoms with Gasteiger partial charge in [0.05, 0.1) is 0 Å². The summed E-state index contributed by atoms with van der Waals surface area (Å²) in [5.41, 5.74) is 0. The molecule has 106 valence electrons. The van der Waals surface area contributed by atoms with Gasteiger partial charge in [-0.15, -0.1) is 0 Å². The van der Waals surface area contributed by atoms with Crippen molar-refractivity contribution in [1.29, 1.82) is 0 Å². The lowest BCUT2D eigenvalue weighted by atomic mass is 10.2. The van der Waals surface area contributed by atoms with E-state index in [9.17, 15) is 4.79 Å². The Morgan fingerprint density at radius 2 is 1.95 bits per heavy atom. The van der Waals surface area contributed by atoms with Crippen molar-refractivity contribution < 1.29 is 4.79 Å². The molecule has 0 fully saturated rings. The van der Waals surface area contributed by atoms with Crippen molar-refractivity contribution in [3.8, 4) is 0 Å². The zero-order valence-electron chi connectivity index (χ0n) is 11.6. The molecular formula is C12H20BrN5O. The van der Waals surface area contributed by atoms with Gasteiger partial charge in [0.15, 0.2) is 0 Å². The zero-order chi connectivity index (χ0) is 14.4. The Hall–Kier alpha value is -1.37. The molecule has 7 heteroatoms. The van der Waals surface area contributed by atoms with Crippen LogP contribution in [0, 0.1) is 5.92 Å². The molecule has 3 N–H and O–H groups in total. The summed E-state index contributed by atoms with van der Waals surface area (Å²) in [5, 5.41) is 8.87. The molecule has 19 heavy (non-hydrogen) atoms. The van der Waals surface area contributed by atoms with Crippen molar-refractivity contribution in [3.05, 3.63) is 10.8 Å². The second-order valence-electron chi connectivity index (χ2n) is 4.64. The van der Waals surface area contributed by atoms with Gasteiger partial charge < -0.3 is 16.0 Å². The number of hydrogen-bond donors (Lipinski definition) is 3. The number of rotatable bonds is 6. The van der Waals surface area contributed by atoms with Gasteiger partial charge >= 0.3 is 0 Å². The first-order valence-corrected chi connectivity index (χ1v) is 6.97. The van der Waals surface area contributed by atoms with Crippen LogP contribution in [0.1, 0.15) is 20.8 Å². The van der Waals surface area contributed by atoms with Crippen LogP contribution in [-0.4, -0.2) is 35.5 Å². The molecule has 1 amide bonds. The Labute approximate surface area is 121 Å². The third-order valence-electron chi connectivity index (χ3n) is 2.46. The van der Waals surface area contributed by atoms with Crippen LogP contribution < -0.4 is 16.0 Å². The van der Waals surface area contributed by atoms with Crippen LogP contribution in [-0.2, 0) is 4.79 Å². The SMILES string of the molecule is CNc1ncnc(NC(C)C(=O)NCC(C)C)c1Br. The molecule has 0 aliphatic heterocycles. The first-order chi connectivity index (χ1) is 8.95. The Kier molecular flexibility index (Phi) is 6.01. The van der Waals surface area contributed by atoms with Crippen LogP contribution in [0.25, 0.3) is 0 Å². The van der Waals surface area contributed by atoms with Gasteiger partial charge in [0.25, 0.3) is 0 Å². The number of aromatic nitrogens is 2. The second kappa shape index (κ2) is 7.28. The molecule has 0 bridgehead atoms. The van der Waals surface area contributed by atoms with Gasteiger partial charge in [0.2, 0.25) is 5.91 Å². The highest BCUT2D eigenvalue weighted by Crippen LogP contribution is 2.26. The molecular weight excluding hydrogens is 310 g/mol. The van der Waals surface area contributed by atoms with E-state index in [1.807, 2.05) is 0 Å². The smallest absolute Gasteiger partial charge is 0.242 e. The number of carbonyl (C=O) groups is 1. The van der Waals surface area contributed by atoms with Crippen molar-refractivity contribution in [2.24, 2.45) is 5.92 Å². The van der Waals surface area contributed by atoms with E-state index in [0.29, 0.717) is 28.6 Å². The van der Waals surface area contributed by atoms with Crippen molar-refractivity contribution in [2.45, 2.75) is 26.8 Å². The molecule has 0 spiro atoms. The number of halogens is 1. The first kappa shape index (κ1) is 15.7. The topological polar surface area (TPSA) is 78.9 Å². The number of amides is 1. The van der Waals surface area contributed by atoms with Crippen LogP contribution in [0.15, 0.2) is 10.8 Å². The van der Waals surface area contributed by atoms with Crippen molar-refractivity contribution in [2.75, 3.05) is 24.2 Å². The summed E-state index contributed by atoms with van der Waals surface area (Å²) in [7, 11) is 1.77. The summed E-state index contributed by atoms with van der Waals surface area (Å²) in [6, 6.07) is -0.366. The molecule has 6 nitrogen and oxygen atoms in total. The molecule has 1 unspecified atom stereocenters. The molecule has 1 aromatic heterocycles. The van der Waals surface area contributed by atoms with Crippen LogP contribution in [0.2, 0.25) is 0 Å². The Balaban J connectivity index is 2.66. The maximum atomic E-state index is 11.9. The van der Waals surface area contributed by atoms with Gasteiger partial charge in [-0.05, 0) is 28.8 Å². The molecule has 1 aromatic rings. The van der Waals surface area contributed by atoms with E-state index in [0.717, 1.165) is 0 Å². The van der Waals surface area contributed by atoms with Crippen LogP contribution in [0.5, 0.6) is 0 Å². The lowest BCUT2D eigenvalue weighted by Gasteiger charge is -2.17. The van der Waals surface area contributed by atoms with Gasteiger partial charge in [0.1, 0.15) is 28.5 Å². The average molecular weight is 330 g/mol. The van der Waals surface area contributed by atoms with Crippen molar-refractivity contribution in [3.63, 3.8) is 0 Å². The second-order valence-corrected chi connectivity index (χ2v) is 5.43. The summed E-state index contributed by atoms with van der Waals surface area (Å²) >= 11 is 3.40. The molecule has 0 saturated carbocycles. The average Bonchev–Trinajstić information content (AvgIpc) is 2.38. The highest BCUT2D eigenvalue weighted by molar-refractivity contribution is 9.10. The minimum absolute atomic E-state index is 0.0507. The quantitative estimate of drug-likeness (QED) is 0.742. The fourth-order valence-electron chi connectivity index (χ4n) is 1.37. The first-order valence-electron chi connectivity index (χ1n) is 6.18. The molecule has 0 aliphatic rings. The van der Waals surface area contributed by atoms with Gasteiger partial charge in [-0.25, -0.2) is 9.97 Å². The lowest BCUT2D eigenvalue weighted by Crippen LogP contribution is -2.39. The van der Waals surface area contributed by atoms with E-state index in [1.165, 1.54) is 6.33 Å². The zero-order valence-corrected chi connectivity index (χ0v) is 13.2. The fraction of sp³-hybridized carbons (Fsp3) is 0.583. The fourth-order valence-corrected chi connectivity index (χ4v) is 1.89. The Morgan fingerprint density at radius 3 is 2.53 bits per heavy atom. The number of nitrogens with zero attached hydrogens (tertiary/aromatic N) is 2. The highest BCUT2D eigenvalue weighted by atomic mass is 79.9. The number of carbonyl (C=O) groups excluding carboxylic acids is 1. The highest BCUT2D eigenvalue weighted by Gasteiger charge is 2.16. The van der Waals surface area contributed by atoms with E-state index < -0.39 is 0 Å². The predicted octanol–water partition coefficient (Wildman–Crippen LogP) is 1.85. The number of hydrogen-bond acceptors (Lipinski definition) is 5. The molecule has 1 atom stereocenters. The van der Waals surface area contributed by atoms with E-state index in [2.05, 4.69) is 55.7 Å². The van der Waals surface area contributed by atoms with E-state index in [1.54, 1.807) is 14.0 Å². The summed E-state index contributed by atoms with van der Waals surface area (Å²) < 4.78 is 0.709. The van der Waals surface area contributed by atoms with E-state index >= 15 is 0 Å². The lowest BCUT2D eigenvalue weighted by molar-refractivity contribution is -0.121. The summed E-state index contributed by atoms with van der Waals surface area (Å²) in [6.07, 6.45) is 1.44. The third kappa shape index (κ3) is 4.66. The van der Waals surface area contributed by atoms with Gasteiger partial charge in [-0.2, -0.15) is 0 Å². The molecule has 1 rings (SSSR count). The van der Waals surface area contributed by atoms with Crippen molar-refractivity contribution in [1.82, 2.24) is 15.3 Å². The van der Waals surface area contributed by atoms with E-state index in [-0.39, 0.29) is 11.9 Å². The monoisotopic (exact) mass is 329 g/mol. The molecule has 0 saturated heterocycles. The summed E-state index contributed by atoms with van der Waals surface area (Å²) in [5.74, 6) is 1.64. The minimum Gasteiger partial charge on any atom is -0.372 e. The van der Waals surface area contributed by atoms with Crippen molar-refractivity contribution >= 4 is 33.5 Å². The van der Waals surface area contributed by atoms with Gasteiger partial charge in [-0.1, -0.05) is 13.8 Å². The van der Waals surface area contributed by atoms with E-state index in [4.69, 9.17) is 0 Å². The summed E-state index contributed by atoms with van der Waals surface area (Å²) in [6.45, 7) is 6.57. The summed E-state index contributed by atoms with van der Waals surface area (Å²) in [4.78, 5) is 20.0. The Bertz CT molecular complexity index is 438. The number of anilines is 2. The van der Waals surface area contributed by atoms with Crippen LogP contribution >= 0.6 is 15.9 Å². The standard InChI is InChI=1S/C12H20BrN5O/c1-7(2)5-15-12(19)8(3)18-11-9(13)10(14-4)16-6-17-11/h6-8H,5H2,1-4H3,(H,15,19)(H2,14,16,17,18). The van der Waals surface area contributed by atoms with Gasteiger partial charge in [0, 0.05) is 13.6 Å². The predicted molar refractivity (Wildman–Crippen MR) is 80.2 cm³/mol. The Morgan fingerprint density at radius 1 is 1.32 bits per heavy atom.